The molecular formula is C41H49N11O6. The maximum Gasteiger partial charge on any atom is 0.249 e. The van der Waals surface area contributed by atoms with Crippen LogP contribution in [0.25, 0.3) is 10.9 Å². The predicted molar refractivity (Wildman–Crippen MR) is 217 cm³/mol. The molecule has 1 unspecified atom stereocenters. The molecule has 304 valence electrons. The number of fused-ring (bicyclic) bond motifs is 1. The molecule has 2 heterocycles. The summed E-state index contributed by atoms with van der Waals surface area (Å²) in [5.74, 6) is -3.86. The second kappa shape index (κ2) is 20.8. The van der Waals surface area contributed by atoms with Crippen LogP contribution in [0, 0.1) is 0 Å². The molecule has 0 aliphatic heterocycles. The van der Waals surface area contributed by atoms with Crippen LogP contribution in [0.5, 0.6) is 0 Å². The molecule has 17 nitrogen and oxygen atoms in total. The third-order valence-corrected chi connectivity index (χ3v) is 9.44. The van der Waals surface area contributed by atoms with Gasteiger partial charge in [0.15, 0.2) is 5.96 Å². The van der Waals surface area contributed by atoms with Crippen molar-refractivity contribution >= 4 is 46.4 Å². The molecule has 5 amide bonds. The third-order valence-electron chi connectivity index (χ3n) is 9.44. The van der Waals surface area contributed by atoms with Gasteiger partial charge in [0.2, 0.25) is 29.5 Å². The lowest BCUT2D eigenvalue weighted by molar-refractivity contribution is -0.136. The normalized spacial score (nSPS) is 13.6. The van der Waals surface area contributed by atoms with Crippen molar-refractivity contribution in [3.05, 3.63) is 126 Å². The number of aromatic nitrogens is 3. The van der Waals surface area contributed by atoms with Crippen molar-refractivity contribution < 1.29 is 29.1 Å². The summed E-state index contributed by atoms with van der Waals surface area (Å²) in [7, 11) is 0. The zero-order valence-corrected chi connectivity index (χ0v) is 31.8. The van der Waals surface area contributed by atoms with Crippen molar-refractivity contribution in [1.82, 2.24) is 36.2 Å². The Kier molecular flexibility index (Phi) is 15.1. The van der Waals surface area contributed by atoms with E-state index < -0.39 is 59.8 Å². The summed E-state index contributed by atoms with van der Waals surface area (Å²) < 4.78 is 0. The first-order valence-corrected chi connectivity index (χ1v) is 18.8. The number of aliphatic hydroxyl groups is 1. The lowest BCUT2D eigenvalue weighted by Crippen LogP contribution is -2.59. The standard InChI is InChI=1S/C41H49N11O6/c42-36(54)32(20-27-22-47-30-15-8-7-14-29(27)30)50-37(55)31(16-9-17-46-41(43)44)49-38(56)33(18-25-10-3-1-4-11-25)51-39(57)34(21-28-23-45-24-48-28)52-40(58)35(53)19-26-12-5-2-6-13-26/h1-8,10-15,22-24,31-35,47,53H,9,16-21H2,(H2,42,54)(H,45,48)(H,49,56)(H,50,55)(H,51,57)(H,52,58)(H4,43,44,46)/t31-,32-,33-,34-,35?/m0/s1. The van der Waals surface area contributed by atoms with E-state index in [1.807, 2.05) is 30.3 Å². The van der Waals surface area contributed by atoms with Gasteiger partial charge in [0.1, 0.15) is 30.3 Å². The molecule has 13 N–H and O–H groups in total. The fraction of sp³-hybridized carbons (Fsp3) is 0.293. The number of primary amides is 1. The minimum atomic E-state index is -1.47. The highest BCUT2D eigenvalue weighted by molar-refractivity contribution is 5.96. The molecule has 0 saturated carbocycles. The van der Waals surface area contributed by atoms with E-state index in [1.165, 1.54) is 12.5 Å². The molecule has 0 bridgehead atoms. The number of nitrogens with one attached hydrogen (secondary N) is 6. The first kappa shape index (κ1) is 42.1. The summed E-state index contributed by atoms with van der Waals surface area (Å²) in [6.45, 7) is 0.145. The number of benzene rings is 3. The SMILES string of the molecule is NC(=O)[C@H](Cc1c[nH]c2ccccc12)NC(=O)[C@H](CCCN=C(N)N)NC(=O)[C@H](Cc1ccccc1)NC(=O)[C@H](Cc1cnc[nH]1)NC(=O)C(O)Cc1ccccc1. The summed E-state index contributed by atoms with van der Waals surface area (Å²) in [6.07, 6.45) is 3.54. The number of H-pyrrole nitrogens is 2. The number of hydrogen-bond acceptors (Lipinski definition) is 8. The molecule has 0 aliphatic carbocycles. The van der Waals surface area contributed by atoms with Crippen LogP contribution in [0.1, 0.15) is 35.2 Å². The number of carbonyl (C=O) groups excluding carboxylic acids is 5. The van der Waals surface area contributed by atoms with Gasteiger partial charge in [-0.15, -0.1) is 0 Å². The number of guanidine groups is 1. The van der Waals surface area contributed by atoms with Crippen LogP contribution >= 0.6 is 0 Å². The van der Waals surface area contributed by atoms with Gasteiger partial charge >= 0.3 is 0 Å². The number of aliphatic hydroxyl groups excluding tert-OH is 1. The van der Waals surface area contributed by atoms with Gasteiger partial charge in [0.05, 0.1) is 6.33 Å². The highest BCUT2D eigenvalue weighted by atomic mass is 16.3. The monoisotopic (exact) mass is 791 g/mol. The zero-order chi connectivity index (χ0) is 41.4. The first-order valence-electron chi connectivity index (χ1n) is 18.8. The fourth-order valence-electron chi connectivity index (χ4n) is 6.42. The molecule has 0 fully saturated rings. The van der Waals surface area contributed by atoms with Crippen molar-refractivity contribution in [2.24, 2.45) is 22.2 Å². The second-order valence-electron chi connectivity index (χ2n) is 13.8. The minimum Gasteiger partial charge on any atom is -0.383 e. The molecule has 0 aliphatic rings. The summed E-state index contributed by atoms with van der Waals surface area (Å²) >= 11 is 0. The molecule has 0 radical (unpaired) electrons. The first-order chi connectivity index (χ1) is 28.0. The summed E-state index contributed by atoms with van der Waals surface area (Å²) in [6, 6.07) is 20.5. The zero-order valence-electron chi connectivity index (χ0n) is 31.8. The van der Waals surface area contributed by atoms with Crippen LogP contribution in [0.3, 0.4) is 0 Å². The Balaban J connectivity index is 1.36. The smallest absolute Gasteiger partial charge is 0.249 e. The molecule has 2 aromatic heterocycles. The predicted octanol–water partition coefficient (Wildman–Crippen LogP) is 0.000600. The van der Waals surface area contributed by atoms with Crippen LogP contribution in [-0.2, 0) is 49.7 Å². The van der Waals surface area contributed by atoms with Crippen molar-refractivity contribution in [2.75, 3.05) is 6.54 Å². The van der Waals surface area contributed by atoms with Gasteiger partial charge in [-0.2, -0.15) is 0 Å². The van der Waals surface area contributed by atoms with Gasteiger partial charge in [-0.3, -0.25) is 29.0 Å². The van der Waals surface area contributed by atoms with Crippen molar-refractivity contribution in [3.8, 4) is 0 Å². The second-order valence-corrected chi connectivity index (χ2v) is 13.8. The van der Waals surface area contributed by atoms with Gasteiger partial charge in [-0.1, -0.05) is 78.9 Å². The number of rotatable bonds is 21. The topological polar surface area (TPSA) is 289 Å². The molecule has 17 heteroatoms. The lowest BCUT2D eigenvalue weighted by atomic mass is 10.0. The quantitative estimate of drug-likeness (QED) is 0.0272. The van der Waals surface area contributed by atoms with Crippen LogP contribution in [0.15, 0.2) is 109 Å². The van der Waals surface area contributed by atoms with Gasteiger partial charge < -0.3 is 53.5 Å². The summed E-state index contributed by atoms with van der Waals surface area (Å²) in [5, 5.41) is 22.5. The Morgan fingerprint density at radius 3 is 1.86 bits per heavy atom. The number of imidazole rings is 1. The van der Waals surface area contributed by atoms with Crippen LogP contribution in [-0.4, -0.2) is 92.4 Å². The Morgan fingerprint density at radius 2 is 1.22 bits per heavy atom. The highest BCUT2D eigenvalue weighted by Crippen LogP contribution is 2.19. The number of carbonyl (C=O) groups is 5. The van der Waals surface area contributed by atoms with Gasteiger partial charge in [-0.25, -0.2) is 4.98 Å². The third kappa shape index (κ3) is 12.5. The van der Waals surface area contributed by atoms with Crippen molar-refractivity contribution in [1.29, 1.82) is 0 Å². The van der Waals surface area contributed by atoms with Crippen molar-refractivity contribution in [3.63, 3.8) is 0 Å². The number of nitrogens with zero attached hydrogens (tertiary/aromatic N) is 2. The Labute approximate surface area is 334 Å². The van der Waals surface area contributed by atoms with E-state index in [0.717, 1.165) is 22.0 Å². The number of aromatic amines is 2. The summed E-state index contributed by atoms with van der Waals surface area (Å²) in [5.41, 5.74) is 20.3. The van der Waals surface area contributed by atoms with E-state index in [9.17, 15) is 29.1 Å². The lowest BCUT2D eigenvalue weighted by Gasteiger charge is -2.26. The number of para-hydroxylation sites is 1. The Hall–Kier alpha value is -7.01. The summed E-state index contributed by atoms with van der Waals surface area (Å²) in [4.78, 5) is 82.1. The number of nitrogens with two attached hydrogens (primary N) is 3. The maximum atomic E-state index is 14.2. The molecule has 5 atom stereocenters. The van der Waals surface area contributed by atoms with E-state index in [4.69, 9.17) is 17.2 Å². The molecule has 58 heavy (non-hydrogen) atoms. The molecule has 0 saturated heterocycles. The number of aliphatic imine (C=N–C) groups is 1. The van der Waals surface area contributed by atoms with E-state index in [2.05, 4.69) is 41.2 Å². The Bertz CT molecular complexity index is 2150. The fourth-order valence-corrected chi connectivity index (χ4v) is 6.42. The molecule has 0 spiro atoms. The van der Waals surface area contributed by atoms with E-state index in [1.54, 1.807) is 60.8 Å². The maximum absolute atomic E-state index is 14.2. The van der Waals surface area contributed by atoms with Gasteiger partial charge in [0, 0.05) is 61.2 Å². The van der Waals surface area contributed by atoms with E-state index in [-0.39, 0.29) is 51.0 Å². The van der Waals surface area contributed by atoms with Crippen LogP contribution < -0.4 is 38.5 Å². The Morgan fingerprint density at radius 1 is 0.655 bits per heavy atom. The average Bonchev–Trinajstić information content (AvgIpc) is 3.89. The van der Waals surface area contributed by atoms with Crippen molar-refractivity contribution in [2.45, 2.75) is 68.8 Å². The highest BCUT2D eigenvalue weighted by Gasteiger charge is 2.32. The molecule has 5 rings (SSSR count). The van der Waals surface area contributed by atoms with Gasteiger partial charge in [0.25, 0.3) is 0 Å². The van der Waals surface area contributed by atoms with Gasteiger partial charge in [-0.05, 0) is 35.6 Å². The minimum absolute atomic E-state index is 0.00653. The van der Waals surface area contributed by atoms with E-state index in [0.29, 0.717) is 11.3 Å². The largest absolute Gasteiger partial charge is 0.383 e. The molecule has 5 aromatic rings. The van der Waals surface area contributed by atoms with E-state index >= 15 is 0 Å². The van der Waals surface area contributed by atoms with Crippen LogP contribution in [0.2, 0.25) is 0 Å². The molecular weight excluding hydrogens is 743 g/mol. The molecule has 3 aromatic carbocycles. The average molecular weight is 792 g/mol. The van der Waals surface area contributed by atoms with Crippen LogP contribution in [0.4, 0.5) is 0 Å². The number of hydrogen-bond donors (Lipinski definition) is 10. The number of amides is 5.